The number of halogens is 3. The van der Waals surface area contributed by atoms with E-state index in [0.29, 0.717) is 0 Å². The zero-order chi connectivity index (χ0) is 15.0. The monoisotopic (exact) mass is 295 g/mol. The molecule has 9 heteroatoms. The van der Waals surface area contributed by atoms with Gasteiger partial charge in [0, 0.05) is 14.0 Å². The summed E-state index contributed by atoms with van der Waals surface area (Å²) in [6.45, 7) is -0.0644. The molecule has 1 aromatic heterocycles. The number of rotatable bonds is 4. The van der Waals surface area contributed by atoms with E-state index < -0.39 is 24.4 Å². The van der Waals surface area contributed by atoms with Crippen LogP contribution in [0.1, 0.15) is 27.0 Å². The molecule has 4 N–H and O–H groups in total. The predicted octanol–water partition coefficient (Wildman–Crippen LogP) is 1.63. The first-order chi connectivity index (χ1) is 8.54. The Balaban J connectivity index is 3.30. The van der Waals surface area contributed by atoms with Crippen molar-refractivity contribution in [3.8, 4) is 0 Å². The summed E-state index contributed by atoms with van der Waals surface area (Å²) in [7, 11) is 1.15. The number of nitrogens with two attached hydrogens (primary N) is 2. The van der Waals surface area contributed by atoms with Gasteiger partial charge in [0.2, 0.25) is 0 Å². The first-order valence-electron chi connectivity index (χ1n) is 5.05. The zero-order valence-corrected chi connectivity index (χ0v) is 11.0. The standard InChI is InChI=1S/C10H12F3N3O2S/c1-4(17)7-6(14)5(8(15)18)9(19-7)16(2)3-10(11,12)13/h3,14H2,1-2H3,(H2,15,18). The fourth-order valence-corrected chi connectivity index (χ4v) is 2.62. The Morgan fingerprint density at radius 1 is 1.37 bits per heavy atom. The molecular formula is C10H12F3N3O2S. The fraction of sp³-hybridized carbons (Fsp3) is 0.400. The number of alkyl halides is 3. The summed E-state index contributed by atoms with van der Waals surface area (Å²) in [4.78, 5) is 23.4. The average Bonchev–Trinajstić information content (AvgIpc) is 2.53. The van der Waals surface area contributed by atoms with E-state index in [1.165, 1.54) is 6.92 Å². The van der Waals surface area contributed by atoms with Crippen molar-refractivity contribution in [3.63, 3.8) is 0 Å². The summed E-state index contributed by atoms with van der Waals surface area (Å²) >= 11 is 0.722. The van der Waals surface area contributed by atoms with Crippen LogP contribution in [0.25, 0.3) is 0 Å². The quantitative estimate of drug-likeness (QED) is 0.826. The topological polar surface area (TPSA) is 89.4 Å². The molecule has 0 atom stereocenters. The van der Waals surface area contributed by atoms with Crippen LogP contribution in [0.2, 0.25) is 0 Å². The van der Waals surface area contributed by atoms with Gasteiger partial charge in [-0.2, -0.15) is 13.2 Å². The Morgan fingerprint density at radius 2 is 1.89 bits per heavy atom. The van der Waals surface area contributed by atoms with Crippen molar-refractivity contribution in [1.82, 2.24) is 0 Å². The summed E-state index contributed by atoms with van der Waals surface area (Å²) in [5, 5.41) is -0.0625. The van der Waals surface area contributed by atoms with Crippen molar-refractivity contribution in [2.75, 3.05) is 24.2 Å². The number of carbonyl (C=O) groups excluding carboxylic acids is 2. The second-order valence-corrected chi connectivity index (χ2v) is 4.92. The molecule has 1 heterocycles. The molecule has 0 aliphatic rings. The minimum Gasteiger partial charge on any atom is -0.397 e. The average molecular weight is 295 g/mol. The Bertz CT molecular complexity index is 525. The van der Waals surface area contributed by atoms with E-state index in [0.717, 1.165) is 23.3 Å². The lowest BCUT2D eigenvalue weighted by Crippen LogP contribution is -2.31. The summed E-state index contributed by atoms with van der Waals surface area (Å²) in [6.07, 6.45) is -4.45. The third-order valence-corrected chi connectivity index (χ3v) is 3.68. The highest BCUT2D eigenvalue weighted by molar-refractivity contribution is 7.19. The van der Waals surface area contributed by atoms with Crippen molar-refractivity contribution in [2.24, 2.45) is 5.73 Å². The molecule has 5 nitrogen and oxygen atoms in total. The molecule has 0 spiro atoms. The maximum absolute atomic E-state index is 12.3. The van der Waals surface area contributed by atoms with E-state index in [2.05, 4.69) is 0 Å². The van der Waals surface area contributed by atoms with Crippen LogP contribution >= 0.6 is 11.3 Å². The SMILES string of the molecule is CC(=O)c1sc(N(C)CC(F)(F)F)c(C(N)=O)c1N. The number of hydrogen-bond donors (Lipinski definition) is 2. The van der Waals surface area contributed by atoms with E-state index in [9.17, 15) is 22.8 Å². The van der Waals surface area contributed by atoms with E-state index in [1.807, 2.05) is 0 Å². The first-order valence-corrected chi connectivity index (χ1v) is 5.87. The van der Waals surface area contributed by atoms with Gasteiger partial charge in [0.05, 0.1) is 16.1 Å². The van der Waals surface area contributed by atoms with Crippen LogP contribution in [-0.4, -0.2) is 31.5 Å². The molecule has 0 radical (unpaired) electrons. The Hall–Kier alpha value is -1.77. The van der Waals surface area contributed by atoms with Gasteiger partial charge in [-0.25, -0.2) is 0 Å². The molecule has 0 aliphatic heterocycles. The number of hydrogen-bond acceptors (Lipinski definition) is 5. The summed E-state index contributed by atoms with van der Waals surface area (Å²) in [6, 6.07) is 0. The van der Waals surface area contributed by atoms with Crippen molar-refractivity contribution < 1.29 is 22.8 Å². The molecule has 0 aromatic carbocycles. The number of amides is 1. The van der Waals surface area contributed by atoms with Crippen LogP contribution in [0.3, 0.4) is 0 Å². The minimum atomic E-state index is -4.45. The molecule has 0 bridgehead atoms. The molecule has 106 valence electrons. The second-order valence-electron chi connectivity index (χ2n) is 3.92. The van der Waals surface area contributed by atoms with E-state index in [4.69, 9.17) is 11.5 Å². The molecule has 0 fully saturated rings. The summed E-state index contributed by atoms with van der Waals surface area (Å²) in [5.74, 6) is -1.40. The molecule has 0 saturated carbocycles. The molecular weight excluding hydrogens is 283 g/mol. The van der Waals surface area contributed by atoms with Crippen LogP contribution in [0, 0.1) is 0 Å². The normalized spacial score (nSPS) is 11.4. The van der Waals surface area contributed by atoms with Gasteiger partial charge in [0.1, 0.15) is 11.5 Å². The van der Waals surface area contributed by atoms with Gasteiger partial charge in [0.25, 0.3) is 5.91 Å². The van der Waals surface area contributed by atoms with Crippen LogP contribution in [0.15, 0.2) is 0 Å². The Labute approximate surface area is 111 Å². The van der Waals surface area contributed by atoms with Crippen LogP contribution in [0.5, 0.6) is 0 Å². The van der Waals surface area contributed by atoms with Gasteiger partial charge < -0.3 is 16.4 Å². The molecule has 1 aromatic rings. The van der Waals surface area contributed by atoms with Gasteiger partial charge in [-0.05, 0) is 0 Å². The smallest absolute Gasteiger partial charge is 0.397 e. The molecule has 0 saturated heterocycles. The van der Waals surface area contributed by atoms with Crippen molar-refractivity contribution in [2.45, 2.75) is 13.1 Å². The minimum absolute atomic E-state index is 0.0258. The van der Waals surface area contributed by atoms with E-state index in [1.54, 1.807) is 0 Å². The van der Waals surface area contributed by atoms with Crippen LogP contribution < -0.4 is 16.4 Å². The number of carbonyl (C=O) groups is 2. The van der Waals surface area contributed by atoms with Crippen molar-refractivity contribution in [3.05, 3.63) is 10.4 Å². The van der Waals surface area contributed by atoms with Crippen LogP contribution in [-0.2, 0) is 0 Å². The lowest BCUT2D eigenvalue weighted by Gasteiger charge is -2.20. The highest BCUT2D eigenvalue weighted by Gasteiger charge is 2.33. The highest BCUT2D eigenvalue weighted by atomic mass is 32.1. The largest absolute Gasteiger partial charge is 0.405 e. The number of ketones is 1. The van der Waals surface area contributed by atoms with Crippen molar-refractivity contribution >= 4 is 33.7 Å². The Morgan fingerprint density at radius 3 is 2.26 bits per heavy atom. The number of thiophene rings is 1. The van der Waals surface area contributed by atoms with Crippen LogP contribution in [0.4, 0.5) is 23.9 Å². The van der Waals surface area contributed by atoms with Gasteiger partial charge in [0.15, 0.2) is 5.78 Å². The van der Waals surface area contributed by atoms with Crippen molar-refractivity contribution in [1.29, 1.82) is 0 Å². The number of nitrogens with zero attached hydrogens (tertiary/aromatic N) is 1. The molecule has 1 amide bonds. The maximum Gasteiger partial charge on any atom is 0.405 e. The maximum atomic E-state index is 12.3. The lowest BCUT2D eigenvalue weighted by atomic mass is 10.2. The first kappa shape index (κ1) is 15.3. The third kappa shape index (κ3) is 3.37. The fourth-order valence-electron chi connectivity index (χ4n) is 1.54. The summed E-state index contributed by atoms with van der Waals surface area (Å²) < 4.78 is 37.0. The van der Waals surface area contributed by atoms with E-state index in [-0.39, 0.29) is 21.1 Å². The van der Waals surface area contributed by atoms with Gasteiger partial charge in [-0.3, -0.25) is 9.59 Å². The number of nitrogen functional groups attached to an aromatic ring is 1. The number of primary amides is 1. The third-order valence-electron chi connectivity index (χ3n) is 2.26. The molecule has 19 heavy (non-hydrogen) atoms. The van der Waals surface area contributed by atoms with Gasteiger partial charge >= 0.3 is 6.18 Å². The molecule has 1 rings (SSSR count). The van der Waals surface area contributed by atoms with E-state index >= 15 is 0 Å². The summed E-state index contributed by atoms with van der Waals surface area (Å²) in [5.41, 5.74) is 10.3. The second kappa shape index (κ2) is 5.08. The predicted molar refractivity (Wildman–Crippen MR) is 66.6 cm³/mol. The molecule has 0 unspecified atom stereocenters. The Kier molecular flexibility index (Phi) is 4.09. The van der Waals surface area contributed by atoms with Gasteiger partial charge in [-0.1, -0.05) is 0 Å². The lowest BCUT2D eigenvalue weighted by molar-refractivity contribution is -0.119. The number of anilines is 2. The highest BCUT2D eigenvalue weighted by Crippen LogP contribution is 2.38. The zero-order valence-electron chi connectivity index (χ0n) is 10.2. The van der Waals surface area contributed by atoms with Gasteiger partial charge in [-0.15, -0.1) is 11.3 Å². The molecule has 0 aliphatic carbocycles. The number of Topliss-reactive ketones (excluding diaryl/α,β-unsaturated/α-hetero) is 1.